The molecule has 0 bridgehead atoms. The maximum atomic E-state index is 11.7. The van der Waals surface area contributed by atoms with Gasteiger partial charge in [0, 0.05) is 15.4 Å². The molecule has 1 atom stereocenters. The molecule has 1 aromatic carbocycles. The van der Waals surface area contributed by atoms with Crippen molar-refractivity contribution in [3.05, 3.63) is 39.5 Å². The molecule has 0 aliphatic heterocycles. The van der Waals surface area contributed by atoms with Gasteiger partial charge in [0.1, 0.15) is 0 Å². The minimum absolute atomic E-state index is 0.140. The van der Waals surface area contributed by atoms with E-state index in [0.717, 1.165) is 10.9 Å². The van der Waals surface area contributed by atoms with Crippen molar-refractivity contribution < 1.29 is 19.7 Å². The average molecular weight is 382 g/mol. The molecule has 5 nitrogen and oxygen atoms in total. The highest BCUT2D eigenvalue weighted by Crippen LogP contribution is 2.37. The number of carboxylic acid groups (broad SMARTS) is 1. The van der Waals surface area contributed by atoms with Gasteiger partial charge < -0.3 is 14.9 Å². The lowest BCUT2D eigenvalue weighted by Gasteiger charge is -2.27. The number of carboxylic acids is 1. The quantitative estimate of drug-likeness (QED) is 0.842. The number of rotatable bonds is 4. The van der Waals surface area contributed by atoms with Crippen molar-refractivity contribution in [1.82, 2.24) is 4.98 Å². The highest BCUT2D eigenvalue weighted by molar-refractivity contribution is 9.10. The summed E-state index contributed by atoms with van der Waals surface area (Å²) in [5.74, 6) is -1.04. The van der Waals surface area contributed by atoms with Crippen molar-refractivity contribution in [1.29, 1.82) is 0 Å². The largest absolute Gasteiger partial charge is 0.479 e. The van der Waals surface area contributed by atoms with Crippen LogP contribution in [-0.4, -0.2) is 26.8 Å². The van der Waals surface area contributed by atoms with Crippen LogP contribution in [0.2, 0.25) is 0 Å². The fourth-order valence-corrected chi connectivity index (χ4v) is 3.27. The van der Waals surface area contributed by atoms with Crippen molar-refractivity contribution >= 4 is 32.8 Å². The van der Waals surface area contributed by atoms with Crippen LogP contribution in [0.3, 0.4) is 0 Å². The third-order valence-electron chi connectivity index (χ3n) is 3.35. The van der Waals surface area contributed by atoms with Crippen molar-refractivity contribution in [3.8, 4) is 0 Å². The molecule has 6 heteroatoms. The third-order valence-corrected chi connectivity index (χ3v) is 4.21. The normalized spacial score (nSPS) is 13.3. The van der Waals surface area contributed by atoms with Crippen LogP contribution in [0.1, 0.15) is 43.7 Å². The monoisotopic (exact) mass is 381 g/mol. The Kier molecular flexibility index (Phi) is 5.08. The second-order valence-electron chi connectivity index (χ2n) is 6.40. The molecule has 1 unspecified atom stereocenters. The van der Waals surface area contributed by atoms with E-state index in [1.165, 1.54) is 0 Å². The molecular formula is C17H20BrNO4. The smallest absolute Gasteiger partial charge is 0.337 e. The van der Waals surface area contributed by atoms with Gasteiger partial charge in [-0.25, -0.2) is 4.79 Å². The fourth-order valence-electron chi connectivity index (χ4n) is 2.41. The molecule has 0 saturated carbocycles. The van der Waals surface area contributed by atoms with Gasteiger partial charge in [-0.1, -0.05) is 0 Å². The number of aliphatic carboxylic acids is 1. The van der Waals surface area contributed by atoms with Gasteiger partial charge >= 0.3 is 5.97 Å². The number of hydrogen-bond acceptors (Lipinski definition) is 4. The summed E-state index contributed by atoms with van der Waals surface area (Å²) in [6.07, 6.45) is -1.08. The van der Waals surface area contributed by atoms with Crippen LogP contribution in [0.4, 0.5) is 0 Å². The number of aromatic nitrogens is 1. The molecule has 0 aliphatic carbocycles. The van der Waals surface area contributed by atoms with E-state index in [4.69, 9.17) is 4.74 Å². The van der Waals surface area contributed by atoms with Gasteiger partial charge in [0.25, 0.3) is 0 Å². The Morgan fingerprint density at radius 2 is 2.04 bits per heavy atom. The molecule has 0 radical (unpaired) electrons. The van der Waals surface area contributed by atoms with E-state index >= 15 is 0 Å². The van der Waals surface area contributed by atoms with Crippen molar-refractivity contribution in [2.24, 2.45) is 0 Å². The number of benzene rings is 1. The van der Waals surface area contributed by atoms with Crippen molar-refractivity contribution in [2.75, 3.05) is 0 Å². The lowest BCUT2D eigenvalue weighted by molar-refractivity contribution is -0.160. The predicted molar refractivity (Wildman–Crippen MR) is 91.3 cm³/mol. The summed E-state index contributed by atoms with van der Waals surface area (Å²) < 4.78 is 6.40. The number of aliphatic hydroxyl groups excluding tert-OH is 1. The Labute approximate surface area is 143 Å². The first-order valence-electron chi connectivity index (χ1n) is 7.24. The molecule has 0 aliphatic rings. The van der Waals surface area contributed by atoms with Gasteiger partial charge in [-0.15, -0.1) is 0 Å². The molecule has 23 heavy (non-hydrogen) atoms. The lowest BCUT2D eigenvalue weighted by Crippen LogP contribution is -2.28. The minimum Gasteiger partial charge on any atom is -0.479 e. The number of halogens is 1. The van der Waals surface area contributed by atoms with Gasteiger partial charge in [0.2, 0.25) is 0 Å². The van der Waals surface area contributed by atoms with Crippen LogP contribution in [-0.2, 0) is 16.1 Å². The number of aryl methyl sites for hydroxylation is 1. The van der Waals surface area contributed by atoms with E-state index in [1.54, 1.807) is 6.07 Å². The van der Waals surface area contributed by atoms with Gasteiger partial charge in [-0.05, 0) is 67.4 Å². The molecule has 124 valence electrons. The Morgan fingerprint density at radius 3 is 2.57 bits per heavy atom. The Bertz CT molecular complexity index is 752. The number of ether oxygens (including phenoxy) is 1. The van der Waals surface area contributed by atoms with Crippen LogP contribution < -0.4 is 0 Å². The standard InChI is InChI=1S/C17H20BrNO4/c1-9-7-12-11(6-5-10(8-20)19-12)14(18)13(9)15(16(21)22)23-17(2,3)4/h5-7,15,20H,8H2,1-4H3,(H,21,22). The summed E-state index contributed by atoms with van der Waals surface area (Å²) in [4.78, 5) is 16.1. The maximum absolute atomic E-state index is 11.7. The summed E-state index contributed by atoms with van der Waals surface area (Å²) in [5, 5.41) is 19.6. The molecule has 0 spiro atoms. The summed E-state index contributed by atoms with van der Waals surface area (Å²) in [6, 6.07) is 5.35. The summed E-state index contributed by atoms with van der Waals surface area (Å²) in [5.41, 5.74) is 2.02. The first-order chi connectivity index (χ1) is 10.6. The first kappa shape index (κ1) is 17.8. The fraction of sp³-hybridized carbons (Fsp3) is 0.412. The van der Waals surface area contributed by atoms with Crippen LogP contribution in [0.25, 0.3) is 10.9 Å². The number of nitrogens with zero attached hydrogens (tertiary/aromatic N) is 1. The van der Waals surface area contributed by atoms with Crippen LogP contribution in [0.5, 0.6) is 0 Å². The summed E-state index contributed by atoms with van der Waals surface area (Å²) >= 11 is 3.51. The molecule has 1 aromatic heterocycles. The maximum Gasteiger partial charge on any atom is 0.337 e. The Balaban J connectivity index is 2.65. The molecule has 2 aromatic rings. The first-order valence-corrected chi connectivity index (χ1v) is 8.03. The van der Waals surface area contributed by atoms with Crippen LogP contribution >= 0.6 is 15.9 Å². The Morgan fingerprint density at radius 1 is 1.39 bits per heavy atom. The zero-order valence-electron chi connectivity index (χ0n) is 13.6. The van der Waals surface area contributed by atoms with Gasteiger partial charge in [-0.2, -0.15) is 0 Å². The van der Waals surface area contributed by atoms with Crippen LogP contribution in [0.15, 0.2) is 22.7 Å². The molecule has 2 rings (SSSR count). The molecule has 0 amide bonds. The lowest BCUT2D eigenvalue weighted by atomic mass is 9.99. The molecule has 0 saturated heterocycles. The van der Waals surface area contributed by atoms with Gasteiger partial charge in [-0.3, -0.25) is 4.98 Å². The van der Waals surface area contributed by atoms with E-state index in [2.05, 4.69) is 20.9 Å². The van der Waals surface area contributed by atoms with E-state index in [0.29, 0.717) is 21.2 Å². The van der Waals surface area contributed by atoms with Crippen molar-refractivity contribution in [3.63, 3.8) is 0 Å². The molecule has 1 heterocycles. The summed E-state index contributed by atoms with van der Waals surface area (Å²) in [7, 11) is 0. The van der Waals surface area contributed by atoms with Gasteiger partial charge in [0.05, 0.1) is 23.4 Å². The number of hydrogen-bond donors (Lipinski definition) is 2. The minimum atomic E-state index is -1.08. The summed E-state index contributed by atoms with van der Waals surface area (Å²) in [6.45, 7) is 7.15. The topological polar surface area (TPSA) is 79.7 Å². The zero-order chi connectivity index (χ0) is 17.4. The molecule has 0 fully saturated rings. The second-order valence-corrected chi connectivity index (χ2v) is 7.19. The third kappa shape index (κ3) is 3.88. The Hall–Kier alpha value is -1.50. The number of aliphatic hydroxyl groups is 1. The number of fused-ring (bicyclic) bond motifs is 1. The SMILES string of the molecule is Cc1cc2nc(CO)ccc2c(Br)c1C(OC(C)(C)C)C(=O)O. The number of carbonyl (C=O) groups is 1. The zero-order valence-corrected chi connectivity index (χ0v) is 15.1. The van der Waals surface area contributed by atoms with E-state index in [-0.39, 0.29) is 6.61 Å². The molecular weight excluding hydrogens is 362 g/mol. The predicted octanol–water partition coefficient (Wildman–Crippen LogP) is 3.74. The average Bonchev–Trinajstić information content (AvgIpc) is 2.44. The van der Waals surface area contributed by atoms with Crippen molar-refractivity contribution in [2.45, 2.75) is 46.0 Å². The second kappa shape index (κ2) is 6.55. The van der Waals surface area contributed by atoms with E-state index in [1.807, 2.05) is 39.8 Å². The molecule has 2 N–H and O–H groups in total. The van der Waals surface area contributed by atoms with E-state index in [9.17, 15) is 15.0 Å². The number of pyridine rings is 1. The van der Waals surface area contributed by atoms with E-state index < -0.39 is 17.7 Å². The van der Waals surface area contributed by atoms with Gasteiger partial charge in [0.15, 0.2) is 6.10 Å². The highest BCUT2D eigenvalue weighted by atomic mass is 79.9. The van der Waals surface area contributed by atoms with Crippen LogP contribution in [0, 0.1) is 6.92 Å². The highest BCUT2D eigenvalue weighted by Gasteiger charge is 2.30.